The quantitative estimate of drug-likeness (QED) is 0.913. The first kappa shape index (κ1) is 12.9. The topological polar surface area (TPSA) is 62.7 Å². The minimum Gasteiger partial charge on any atom is -0.497 e. The van der Waals surface area contributed by atoms with Crippen LogP contribution in [0, 0.1) is 0 Å². The predicted octanol–water partition coefficient (Wildman–Crippen LogP) is 2.56. The molecule has 1 aromatic heterocycles. The molecule has 0 aliphatic rings. The average Bonchev–Trinajstić information content (AvgIpc) is 2.46. The number of carboxylic acids is 1. The van der Waals surface area contributed by atoms with Crippen LogP contribution in [0.25, 0.3) is 0 Å². The molecule has 1 aromatic carbocycles. The summed E-state index contributed by atoms with van der Waals surface area (Å²) >= 11 is 0. The van der Waals surface area contributed by atoms with Crippen LogP contribution in [0.3, 0.4) is 0 Å². The van der Waals surface area contributed by atoms with Crippen LogP contribution in [0.4, 0.5) is 11.4 Å². The number of hydrogen-bond donors (Lipinski definition) is 1. The molecule has 1 N–H and O–H groups in total. The van der Waals surface area contributed by atoms with Crippen molar-refractivity contribution in [3.63, 3.8) is 0 Å². The van der Waals surface area contributed by atoms with Gasteiger partial charge in [0.05, 0.1) is 24.6 Å². The van der Waals surface area contributed by atoms with Crippen LogP contribution in [0.15, 0.2) is 42.7 Å². The first-order valence-electron chi connectivity index (χ1n) is 5.68. The summed E-state index contributed by atoms with van der Waals surface area (Å²) in [6.45, 7) is 0. The Labute approximate surface area is 111 Å². The number of hydrogen-bond acceptors (Lipinski definition) is 4. The summed E-state index contributed by atoms with van der Waals surface area (Å²) in [5, 5.41) is 9.18. The molecule has 0 saturated heterocycles. The zero-order chi connectivity index (χ0) is 13.8. The van der Waals surface area contributed by atoms with Crippen LogP contribution >= 0.6 is 0 Å². The molecule has 0 atom stereocenters. The smallest absolute Gasteiger partial charge is 0.337 e. The van der Waals surface area contributed by atoms with E-state index < -0.39 is 5.97 Å². The second-order valence-electron chi connectivity index (χ2n) is 3.96. The van der Waals surface area contributed by atoms with E-state index in [2.05, 4.69) is 4.98 Å². The first-order chi connectivity index (χ1) is 9.13. The maximum atomic E-state index is 11.2. The maximum Gasteiger partial charge on any atom is 0.337 e. The number of pyridine rings is 1. The van der Waals surface area contributed by atoms with Crippen LogP contribution in [0.2, 0.25) is 0 Å². The molecule has 0 saturated carbocycles. The van der Waals surface area contributed by atoms with Crippen LogP contribution < -0.4 is 9.64 Å². The molecule has 98 valence electrons. The standard InChI is InChI=1S/C14H14N2O3/c1-16(10-4-3-5-11(8-10)19-2)13-9-15-7-6-12(13)14(17)18/h3-9H,1-2H3,(H,17,18). The molecule has 0 bridgehead atoms. The highest BCUT2D eigenvalue weighted by atomic mass is 16.5. The Hall–Kier alpha value is -2.56. The number of carboxylic acid groups (broad SMARTS) is 1. The Bertz CT molecular complexity index is 599. The second-order valence-corrected chi connectivity index (χ2v) is 3.96. The third-order valence-electron chi connectivity index (χ3n) is 2.83. The first-order valence-corrected chi connectivity index (χ1v) is 5.68. The SMILES string of the molecule is COc1cccc(N(C)c2cnccc2C(=O)O)c1. The Kier molecular flexibility index (Phi) is 3.66. The van der Waals surface area contributed by atoms with E-state index in [0.717, 1.165) is 5.69 Å². The zero-order valence-electron chi connectivity index (χ0n) is 10.7. The van der Waals surface area contributed by atoms with Gasteiger partial charge in [-0.3, -0.25) is 4.98 Å². The van der Waals surface area contributed by atoms with Gasteiger partial charge in [-0.15, -0.1) is 0 Å². The molecule has 1 heterocycles. The van der Waals surface area contributed by atoms with Gasteiger partial charge in [-0.05, 0) is 18.2 Å². The van der Waals surface area contributed by atoms with Gasteiger partial charge in [0.1, 0.15) is 5.75 Å². The molecule has 0 spiro atoms. The highest BCUT2D eigenvalue weighted by molar-refractivity contribution is 5.95. The van der Waals surface area contributed by atoms with Gasteiger partial charge in [-0.25, -0.2) is 4.79 Å². The Morgan fingerprint density at radius 1 is 1.37 bits per heavy atom. The highest BCUT2D eigenvalue weighted by Gasteiger charge is 2.14. The number of methoxy groups -OCH3 is 1. The summed E-state index contributed by atoms with van der Waals surface area (Å²) in [5.41, 5.74) is 1.57. The van der Waals surface area contributed by atoms with Crippen molar-refractivity contribution in [1.29, 1.82) is 0 Å². The molecule has 19 heavy (non-hydrogen) atoms. The van der Waals surface area contributed by atoms with Crippen LogP contribution in [0.1, 0.15) is 10.4 Å². The number of anilines is 2. The number of nitrogens with zero attached hydrogens (tertiary/aromatic N) is 2. The van der Waals surface area contributed by atoms with E-state index in [1.165, 1.54) is 18.5 Å². The van der Waals surface area contributed by atoms with Crippen LogP contribution in [0.5, 0.6) is 5.75 Å². The molecule has 5 heteroatoms. The van der Waals surface area contributed by atoms with Gasteiger partial charge in [0.15, 0.2) is 0 Å². The molecule has 0 aliphatic heterocycles. The average molecular weight is 258 g/mol. The van der Waals surface area contributed by atoms with E-state index in [9.17, 15) is 9.90 Å². The lowest BCUT2D eigenvalue weighted by molar-refractivity contribution is 0.0697. The lowest BCUT2D eigenvalue weighted by Gasteiger charge is -2.21. The molecular formula is C14H14N2O3. The predicted molar refractivity (Wildman–Crippen MR) is 72.3 cm³/mol. The van der Waals surface area contributed by atoms with Crippen molar-refractivity contribution < 1.29 is 14.6 Å². The Balaban J connectivity index is 2.43. The molecule has 0 radical (unpaired) electrons. The van der Waals surface area contributed by atoms with E-state index in [4.69, 9.17) is 4.74 Å². The summed E-state index contributed by atoms with van der Waals surface area (Å²) in [4.78, 5) is 16.9. The number of benzene rings is 1. The van der Waals surface area contributed by atoms with E-state index in [1.807, 2.05) is 24.3 Å². The number of rotatable bonds is 4. The second kappa shape index (κ2) is 5.39. The highest BCUT2D eigenvalue weighted by Crippen LogP contribution is 2.28. The summed E-state index contributed by atoms with van der Waals surface area (Å²) < 4.78 is 5.16. The fourth-order valence-corrected chi connectivity index (χ4v) is 1.79. The number of ether oxygens (including phenoxy) is 1. The lowest BCUT2D eigenvalue weighted by Crippen LogP contribution is -2.14. The number of aromatic nitrogens is 1. The van der Waals surface area contributed by atoms with E-state index in [0.29, 0.717) is 11.4 Å². The molecule has 2 aromatic rings. The van der Waals surface area contributed by atoms with Crippen molar-refractivity contribution in [3.05, 3.63) is 48.3 Å². The van der Waals surface area contributed by atoms with Crippen molar-refractivity contribution in [1.82, 2.24) is 4.98 Å². The van der Waals surface area contributed by atoms with Gasteiger partial charge in [-0.1, -0.05) is 6.07 Å². The van der Waals surface area contributed by atoms with Crippen LogP contribution in [-0.4, -0.2) is 30.2 Å². The molecular weight excluding hydrogens is 244 g/mol. The van der Waals surface area contributed by atoms with Gasteiger partial charge < -0.3 is 14.7 Å². The minimum atomic E-state index is -0.979. The van der Waals surface area contributed by atoms with Gasteiger partial charge in [0, 0.05) is 25.0 Å². The fourth-order valence-electron chi connectivity index (χ4n) is 1.79. The van der Waals surface area contributed by atoms with Gasteiger partial charge in [-0.2, -0.15) is 0 Å². The van der Waals surface area contributed by atoms with E-state index in [1.54, 1.807) is 19.1 Å². The lowest BCUT2D eigenvalue weighted by atomic mass is 10.2. The maximum absolute atomic E-state index is 11.2. The van der Waals surface area contributed by atoms with Gasteiger partial charge >= 0.3 is 5.97 Å². The summed E-state index contributed by atoms with van der Waals surface area (Å²) in [6.07, 6.45) is 3.00. The number of aromatic carboxylic acids is 1. The molecule has 0 fully saturated rings. The third-order valence-corrected chi connectivity index (χ3v) is 2.83. The summed E-state index contributed by atoms with van der Waals surface area (Å²) in [7, 11) is 3.38. The van der Waals surface area contributed by atoms with Gasteiger partial charge in [0.25, 0.3) is 0 Å². The van der Waals surface area contributed by atoms with Crippen molar-refractivity contribution in [3.8, 4) is 5.75 Å². The van der Waals surface area contributed by atoms with Crippen LogP contribution in [-0.2, 0) is 0 Å². The molecule has 5 nitrogen and oxygen atoms in total. The largest absolute Gasteiger partial charge is 0.497 e. The molecule has 0 aliphatic carbocycles. The fraction of sp³-hybridized carbons (Fsp3) is 0.143. The van der Waals surface area contributed by atoms with Crippen molar-refractivity contribution in [2.45, 2.75) is 0 Å². The molecule has 0 amide bonds. The number of carbonyl (C=O) groups is 1. The van der Waals surface area contributed by atoms with Crippen molar-refractivity contribution in [2.24, 2.45) is 0 Å². The normalized spacial score (nSPS) is 10.0. The van der Waals surface area contributed by atoms with E-state index in [-0.39, 0.29) is 5.56 Å². The minimum absolute atomic E-state index is 0.209. The molecule has 0 unspecified atom stereocenters. The van der Waals surface area contributed by atoms with Crippen molar-refractivity contribution in [2.75, 3.05) is 19.1 Å². The molecule has 2 rings (SSSR count). The third kappa shape index (κ3) is 2.65. The van der Waals surface area contributed by atoms with E-state index >= 15 is 0 Å². The zero-order valence-corrected chi connectivity index (χ0v) is 10.7. The Morgan fingerprint density at radius 3 is 2.84 bits per heavy atom. The summed E-state index contributed by atoms with van der Waals surface area (Å²) in [5.74, 6) is -0.266. The monoisotopic (exact) mass is 258 g/mol. The Morgan fingerprint density at radius 2 is 2.16 bits per heavy atom. The van der Waals surface area contributed by atoms with Crippen molar-refractivity contribution >= 4 is 17.3 Å². The van der Waals surface area contributed by atoms with Gasteiger partial charge in [0.2, 0.25) is 0 Å². The summed E-state index contributed by atoms with van der Waals surface area (Å²) in [6, 6.07) is 8.87.